The fourth-order valence-electron chi connectivity index (χ4n) is 1.99. The van der Waals surface area contributed by atoms with Gasteiger partial charge in [-0.15, -0.1) is 0 Å². The Morgan fingerprint density at radius 2 is 2.12 bits per heavy atom. The Balaban J connectivity index is 1.98. The largest absolute Gasteiger partial charge is 0.463 e. The minimum atomic E-state index is -0.326. The van der Waals surface area contributed by atoms with Gasteiger partial charge in [-0.25, -0.2) is 9.78 Å². The monoisotopic (exact) mass is 326 g/mol. The van der Waals surface area contributed by atoms with Gasteiger partial charge in [0.1, 0.15) is 5.75 Å². The van der Waals surface area contributed by atoms with Crippen LogP contribution >= 0.6 is 0 Å². The van der Waals surface area contributed by atoms with Crippen LogP contribution in [0.5, 0.6) is 11.6 Å². The zero-order valence-corrected chi connectivity index (χ0v) is 14.0. The zero-order chi connectivity index (χ0) is 17.4. The molecule has 0 radical (unpaired) electrons. The van der Waals surface area contributed by atoms with Crippen molar-refractivity contribution in [2.24, 2.45) is 0 Å². The van der Waals surface area contributed by atoms with Crippen molar-refractivity contribution in [1.29, 1.82) is 0 Å². The first-order valence-electron chi connectivity index (χ1n) is 7.93. The number of aromatic nitrogens is 1. The van der Waals surface area contributed by atoms with Crippen molar-refractivity contribution in [3.63, 3.8) is 0 Å². The molecular weight excluding hydrogens is 304 g/mol. The summed E-state index contributed by atoms with van der Waals surface area (Å²) in [5, 5.41) is 0. The SMILES string of the molecule is CCCCOC(=O)C=Cc1ccc(Oc2ccc(N)cn2)c(C)c1. The molecule has 0 aliphatic heterocycles. The Labute approximate surface area is 142 Å². The average molecular weight is 326 g/mol. The maximum absolute atomic E-state index is 11.6. The van der Waals surface area contributed by atoms with E-state index < -0.39 is 0 Å². The second-order valence-corrected chi connectivity index (χ2v) is 5.41. The second-order valence-electron chi connectivity index (χ2n) is 5.41. The van der Waals surface area contributed by atoms with Gasteiger partial charge >= 0.3 is 5.97 Å². The normalized spacial score (nSPS) is 10.8. The summed E-state index contributed by atoms with van der Waals surface area (Å²) in [5.41, 5.74) is 8.03. The van der Waals surface area contributed by atoms with E-state index >= 15 is 0 Å². The number of hydrogen-bond donors (Lipinski definition) is 1. The number of carbonyl (C=O) groups excluding carboxylic acids is 1. The fourth-order valence-corrected chi connectivity index (χ4v) is 1.99. The zero-order valence-electron chi connectivity index (χ0n) is 14.0. The maximum Gasteiger partial charge on any atom is 0.330 e. The number of pyridine rings is 1. The molecule has 0 amide bonds. The molecule has 0 fully saturated rings. The van der Waals surface area contributed by atoms with Gasteiger partial charge in [0, 0.05) is 12.1 Å². The van der Waals surface area contributed by atoms with Gasteiger partial charge in [-0.3, -0.25) is 0 Å². The molecule has 2 N–H and O–H groups in total. The average Bonchev–Trinajstić information content (AvgIpc) is 2.57. The molecule has 5 heteroatoms. The minimum Gasteiger partial charge on any atom is -0.463 e. The molecule has 0 aliphatic carbocycles. The van der Waals surface area contributed by atoms with Crippen LogP contribution in [0.15, 0.2) is 42.6 Å². The Bertz CT molecular complexity index is 709. The molecule has 2 aromatic rings. The lowest BCUT2D eigenvalue weighted by molar-refractivity contribution is -0.137. The number of aryl methyl sites for hydroxylation is 1. The first-order chi connectivity index (χ1) is 11.6. The molecule has 5 nitrogen and oxygen atoms in total. The molecule has 0 saturated heterocycles. The highest BCUT2D eigenvalue weighted by molar-refractivity contribution is 5.87. The number of carbonyl (C=O) groups is 1. The third kappa shape index (κ3) is 5.43. The van der Waals surface area contributed by atoms with Crippen LogP contribution in [0.25, 0.3) is 6.08 Å². The molecule has 1 heterocycles. The van der Waals surface area contributed by atoms with Gasteiger partial charge in [0.15, 0.2) is 0 Å². The molecule has 0 unspecified atom stereocenters. The lowest BCUT2D eigenvalue weighted by atomic mass is 10.1. The number of ether oxygens (including phenoxy) is 2. The first kappa shape index (κ1) is 17.5. The number of rotatable bonds is 7. The summed E-state index contributed by atoms with van der Waals surface area (Å²) in [6.07, 6.45) is 6.59. The number of hydrogen-bond acceptors (Lipinski definition) is 5. The van der Waals surface area contributed by atoms with Crippen LogP contribution in [0, 0.1) is 6.92 Å². The molecule has 0 atom stereocenters. The Hall–Kier alpha value is -2.82. The van der Waals surface area contributed by atoms with E-state index in [1.165, 1.54) is 6.08 Å². The quantitative estimate of drug-likeness (QED) is 0.470. The number of esters is 1. The van der Waals surface area contributed by atoms with Crippen molar-refractivity contribution >= 4 is 17.7 Å². The van der Waals surface area contributed by atoms with Crippen molar-refractivity contribution in [1.82, 2.24) is 4.98 Å². The minimum absolute atomic E-state index is 0.326. The number of nitrogen functional groups attached to an aromatic ring is 1. The standard InChI is InChI=1S/C19H22N2O3/c1-3-4-11-23-19(22)10-6-15-5-8-17(14(2)12-15)24-18-9-7-16(20)13-21-18/h5-10,12-13H,3-4,11,20H2,1-2H3. The van der Waals surface area contributed by atoms with E-state index in [0.29, 0.717) is 23.9 Å². The fraction of sp³-hybridized carbons (Fsp3) is 0.263. The topological polar surface area (TPSA) is 74.4 Å². The Morgan fingerprint density at radius 3 is 2.79 bits per heavy atom. The highest BCUT2D eigenvalue weighted by atomic mass is 16.5. The molecular formula is C19H22N2O3. The summed E-state index contributed by atoms with van der Waals surface area (Å²) in [4.78, 5) is 15.7. The van der Waals surface area contributed by atoms with Crippen LogP contribution in [0.3, 0.4) is 0 Å². The number of benzene rings is 1. The third-order valence-corrected chi connectivity index (χ3v) is 3.33. The Kier molecular flexibility index (Phi) is 6.37. The number of nitrogens with zero attached hydrogens (tertiary/aromatic N) is 1. The summed E-state index contributed by atoms with van der Waals surface area (Å²) in [7, 11) is 0. The van der Waals surface area contributed by atoms with Gasteiger partial charge in [0.05, 0.1) is 18.5 Å². The lowest BCUT2D eigenvalue weighted by Crippen LogP contribution is -2.01. The van der Waals surface area contributed by atoms with Crippen LogP contribution in [0.2, 0.25) is 0 Å². The second kappa shape index (κ2) is 8.72. The number of anilines is 1. The van der Waals surface area contributed by atoms with Crippen LogP contribution in [0.4, 0.5) is 5.69 Å². The number of unbranched alkanes of at least 4 members (excludes halogenated alkanes) is 1. The van der Waals surface area contributed by atoms with Crippen molar-refractivity contribution in [3.8, 4) is 11.6 Å². The van der Waals surface area contributed by atoms with Crippen LogP contribution in [-0.4, -0.2) is 17.6 Å². The molecule has 24 heavy (non-hydrogen) atoms. The van der Waals surface area contributed by atoms with Crippen molar-refractivity contribution in [2.75, 3.05) is 12.3 Å². The van der Waals surface area contributed by atoms with Gasteiger partial charge in [-0.1, -0.05) is 19.4 Å². The molecule has 2 rings (SSSR count). The predicted octanol–water partition coefficient (Wildman–Crippen LogP) is 4.12. The van der Waals surface area contributed by atoms with E-state index in [2.05, 4.69) is 11.9 Å². The van der Waals surface area contributed by atoms with E-state index in [1.54, 1.807) is 24.4 Å². The van der Waals surface area contributed by atoms with E-state index in [-0.39, 0.29) is 5.97 Å². The molecule has 0 bridgehead atoms. The van der Waals surface area contributed by atoms with Gasteiger partial charge in [0.2, 0.25) is 5.88 Å². The molecule has 126 valence electrons. The highest BCUT2D eigenvalue weighted by Gasteiger charge is 2.04. The number of nitrogens with two attached hydrogens (primary N) is 1. The smallest absolute Gasteiger partial charge is 0.330 e. The summed E-state index contributed by atoms with van der Waals surface area (Å²) >= 11 is 0. The molecule has 1 aromatic heterocycles. The van der Waals surface area contributed by atoms with E-state index in [0.717, 1.165) is 24.0 Å². The first-order valence-corrected chi connectivity index (χ1v) is 7.93. The molecule has 0 saturated carbocycles. The van der Waals surface area contributed by atoms with E-state index in [1.807, 2.05) is 25.1 Å². The van der Waals surface area contributed by atoms with Crippen LogP contribution in [-0.2, 0) is 9.53 Å². The van der Waals surface area contributed by atoms with E-state index in [4.69, 9.17) is 15.2 Å². The van der Waals surface area contributed by atoms with Crippen LogP contribution in [0.1, 0.15) is 30.9 Å². The molecule has 1 aromatic carbocycles. The summed E-state index contributed by atoms with van der Waals surface area (Å²) in [6.45, 7) is 4.44. The summed E-state index contributed by atoms with van der Waals surface area (Å²) in [6, 6.07) is 9.10. The maximum atomic E-state index is 11.6. The summed E-state index contributed by atoms with van der Waals surface area (Å²) < 4.78 is 10.8. The highest BCUT2D eigenvalue weighted by Crippen LogP contribution is 2.25. The van der Waals surface area contributed by atoms with Crippen LogP contribution < -0.4 is 10.5 Å². The van der Waals surface area contributed by atoms with Gasteiger partial charge < -0.3 is 15.2 Å². The molecule has 0 spiro atoms. The van der Waals surface area contributed by atoms with Crippen molar-refractivity contribution in [3.05, 3.63) is 53.7 Å². The van der Waals surface area contributed by atoms with E-state index in [9.17, 15) is 4.79 Å². The predicted molar refractivity (Wildman–Crippen MR) is 94.8 cm³/mol. The van der Waals surface area contributed by atoms with Crippen molar-refractivity contribution < 1.29 is 14.3 Å². The van der Waals surface area contributed by atoms with Gasteiger partial charge in [-0.2, -0.15) is 0 Å². The molecule has 0 aliphatic rings. The van der Waals surface area contributed by atoms with Gasteiger partial charge in [0.25, 0.3) is 0 Å². The Morgan fingerprint density at radius 1 is 1.29 bits per heavy atom. The third-order valence-electron chi connectivity index (χ3n) is 3.33. The van der Waals surface area contributed by atoms with Crippen molar-refractivity contribution in [2.45, 2.75) is 26.7 Å². The lowest BCUT2D eigenvalue weighted by Gasteiger charge is -2.08. The summed E-state index contributed by atoms with van der Waals surface area (Å²) in [5.74, 6) is 0.859. The van der Waals surface area contributed by atoms with Gasteiger partial charge in [-0.05, 0) is 48.7 Å².